The predicted molar refractivity (Wildman–Crippen MR) is 91.0 cm³/mol. The van der Waals surface area contributed by atoms with Gasteiger partial charge in [0.25, 0.3) is 0 Å². The average molecular weight is 283 g/mol. The molecule has 3 heterocycles. The van der Waals surface area contributed by atoms with Gasteiger partial charge in [0.05, 0.1) is 11.0 Å². The molecule has 0 radical (unpaired) electrons. The van der Waals surface area contributed by atoms with Crippen LogP contribution in [-0.2, 0) is 7.05 Å². The van der Waals surface area contributed by atoms with Crippen molar-refractivity contribution in [2.24, 2.45) is 7.05 Å². The lowest BCUT2D eigenvalue weighted by Crippen LogP contribution is -1.89. The van der Waals surface area contributed by atoms with Crippen molar-refractivity contribution >= 4 is 43.5 Å². The van der Waals surface area contributed by atoms with E-state index >= 15 is 0 Å². The van der Waals surface area contributed by atoms with Crippen LogP contribution in [0.4, 0.5) is 0 Å². The largest absolute Gasteiger partial charge is 0.351 e. The fraction of sp³-hybridized carbons (Fsp3) is 0.0526. The van der Waals surface area contributed by atoms with E-state index in [9.17, 15) is 0 Å². The summed E-state index contributed by atoms with van der Waals surface area (Å²) in [6.07, 6.45) is 5.79. The molecule has 0 N–H and O–H groups in total. The van der Waals surface area contributed by atoms with Gasteiger partial charge in [0.1, 0.15) is 0 Å². The van der Waals surface area contributed by atoms with Crippen LogP contribution in [0.25, 0.3) is 43.5 Å². The molecule has 2 aromatic carbocycles. The molecule has 3 aromatic heterocycles. The van der Waals surface area contributed by atoms with Crippen LogP contribution in [0.2, 0.25) is 0 Å². The summed E-state index contributed by atoms with van der Waals surface area (Å²) in [6, 6.07) is 14.8. The summed E-state index contributed by atoms with van der Waals surface area (Å²) >= 11 is 0. The van der Waals surface area contributed by atoms with Gasteiger partial charge < -0.3 is 4.57 Å². The molecule has 0 amide bonds. The highest BCUT2D eigenvalue weighted by Crippen LogP contribution is 2.37. The molecule has 0 saturated carbocycles. The zero-order valence-corrected chi connectivity index (χ0v) is 12.1. The fourth-order valence-electron chi connectivity index (χ4n) is 3.47. The number of fused-ring (bicyclic) bond motifs is 8. The van der Waals surface area contributed by atoms with E-state index in [4.69, 9.17) is 0 Å². The van der Waals surface area contributed by atoms with Crippen molar-refractivity contribution in [3.8, 4) is 0 Å². The number of benzene rings is 2. The zero-order valence-electron chi connectivity index (χ0n) is 12.1. The van der Waals surface area contributed by atoms with Crippen molar-refractivity contribution in [3.63, 3.8) is 0 Å². The Kier molecular flexibility index (Phi) is 2.15. The maximum absolute atomic E-state index is 4.60. The lowest BCUT2D eigenvalue weighted by molar-refractivity contribution is 0.969. The molecule has 0 fully saturated rings. The van der Waals surface area contributed by atoms with Crippen LogP contribution in [0, 0.1) is 0 Å². The number of pyridine rings is 2. The van der Waals surface area contributed by atoms with E-state index in [2.05, 4.69) is 58.1 Å². The monoisotopic (exact) mass is 283 g/mol. The molecular weight excluding hydrogens is 270 g/mol. The molecule has 0 bridgehead atoms. The van der Waals surface area contributed by atoms with E-state index < -0.39 is 0 Å². The first-order valence-corrected chi connectivity index (χ1v) is 7.34. The van der Waals surface area contributed by atoms with Gasteiger partial charge in [0, 0.05) is 52.7 Å². The van der Waals surface area contributed by atoms with Crippen LogP contribution < -0.4 is 0 Å². The van der Waals surface area contributed by atoms with Crippen molar-refractivity contribution in [2.45, 2.75) is 0 Å². The number of aromatic nitrogens is 3. The van der Waals surface area contributed by atoms with Gasteiger partial charge in [-0.25, -0.2) is 0 Å². The summed E-state index contributed by atoms with van der Waals surface area (Å²) in [6.45, 7) is 0. The number of hydrogen-bond donors (Lipinski definition) is 0. The smallest absolute Gasteiger partial charge is 0.0971 e. The highest BCUT2D eigenvalue weighted by atomic mass is 14.9. The molecule has 0 unspecified atom stereocenters. The Morgan fingerprint density at radius 3 is 2.27 bits per heavy atom. The van der Waals surface area contributed by atoms with Crippen molar-refractivity contribution < 1.29 is 0 Å². The molecule has 3 heteroatoms. The van der Waals surface area contributed by atoms with E-state index in [1.165, 1.54) is 27.1 Å². The Balaban J connectivity index is 2.23. The van der Waals surface area contributed by atoms with E-state index in [1.807, 2.05) is 24.5 Å². The molecule has 0 saturated heterocycles. The Bertz CT molecular complexity index is 1150. The quantitative estimate of drug-likeness (QED) is 0.394. The minimum Gasteiger partial charge on any atom is -0.351 e. The van der Waals surface area contributed by atoms with Crippen LogP contribution in [0.3, 0.4) is 0 Å². The number of rotatable bonds is 0. The molecule has 22 heavy (non-hydrogen) atoms. The maximum Gasteiger partial charge on any atom is 0.0971 e. The van der Waals surface area contributed by atoms with E-state index in [0.717, 1.165) is 16.4 Å². The van der Waals surface area contributed by atoms with Gasteiger partial charge in [-0.3, -0.25) is 9.97 Å². The lowest BCUT2D eigenvalue weighted by atomic mass is 9.97. The SMILES string of the molecule is Cn1ccc2c3c(ccc21)c1cccnc1c1ncccc13. The highest BCUT2D eigenvalue weighted by molar-refractivity contribution is 6.29. The van der Waals surface area contributed by atoms with Crippen LogP contribution in [0.1, 0.15) is 0 Å². The molecule has 0 aliphatic rings. The molecule has 0 spiro atoms. The summed E-state index contributed by atoms with van der Waals surface area (Å²) < 4.78 is 2.16. The summed E-state index contributed by atoms with van der Waals surface area (Å²) in [5.74, 6) is 0. The third-order valence-electron chi connectivity index (χ3n) is 4.47. The normalized spacial score (nSPS) is 11.9. The standard InChI is InChI=1S/C19H13N3/c1-22-11-8-14-16(22)7-6-12-13-4-2-9-20-18(13)19-15(17(12)14)5-3-10-21-19/h2-11H,1H3. The van der Waals surface area contributed by atoms with E-state index in [1.54, 1.807) is 0 Å². The lowest BCUT2D eigenvalue weighted by Gasteiger charge is -2.10. The third kappa shape index (κ3) is 1.35. The Labute approximate surface area is 126 Å². The molecule has 3 nitrogen and oxygen atoms in total. The predicted octanol–water partition coefficient (Wildman–Crippen LogP) is 4.43. The van der Waals surface area contributed by atoms with Crippen LogP contribution in [0.5, 0.6) is 0 Å². The van der Waals surface area contributed by atoms with Crippen molar-refractivity contribution in [2.75, 3.05) is 0 Å². The molecule has 0 aliphatic heterocycles. The van der Waals surface area contributed by atoms with Crippen molar-refractivity contribution in [1.29, 1.82) is 0 Å². The molecule has 104 valence electrons. The first kappa shape index (κ1) is 11.7. The maximum atomic E-state index is 4.60. The Hall–Kier alpha value is -2.94. The number of aryl methyl sites for hydroxylation is 1. The number of hydrogen-bond acceptors (Lipinski definition) is 2. The second-order valence-corrected chi connectivity index (χ2v) is 5.65. The summed E-state index contributed by atoms with van der Waals surface area (Å²) in [4.78, 5) is 9.18. The molecular formula is C19H13N3. The van der Waals surface area contributed by atoms with Gasteiger partial charge in [0.15, 0.2) is 0 Å². The van der Waals surface area contributed by atoms with E-state index in [-0.39, 0.29) is 0 Å². The first-order chi connectivity index (χ1) is 10.8. The Morgan fingerprint density at radius 1 is 0.727 bits per heavy atom. The van der Waals surface area contributed by atoms with Gasteiger partial charge in [-0.1, -0.05) is 18.2 Å². The molecule has 5 rings (SSSR count). The second-order valence-electron chi connectivity index (χ2n) is 5.65. The first-order valence-electron chi connectivity index (χ1n) is 7.34. The molecule has 5 aromatic rings. The summed E-state index contributed by atoms with van der Waals surface area (Å²) in [7, 11) is 2.08. The Morgan fingerprint density at radius 2 is 1.45 bits per heavy atom. The topological polar surface area (TPSA) is 30.7 Å². The van der Waals surface area contributed by atoms with Gasteiger partial charge in [-0.15, -0.1) is 0 Å². The fourth-order valence-corrected chi connectivity index (χ4v) is 3.47. The molecule has 0 aliphatic carbocycles. The second kappa shape index (κ2) is 4.04. The van der Waals surface area contributed by atoms with Crippen molar-refractivity contribution in [1.82, 2.24) is 14.5 Å². The molecule has 0 atom stereocenters. The van der Waals surface area contributed by atoms with Gasteiger partial charge in [-0.05, 0) is 29.7 Å². The van der Waals surface area contributed by atoms with Crippen LogP contribution in [-0.4, -0.2) is 14.5 Å². The highest BCUT2D eigenvalue weighted by Gasteiger charge is 2.13. The summed E-state index contributed by atoms with van der Waals surface area (Å²) in [5.41, 5.74) is 3.18. The van der Waals surface area contributed by atoms with Gasteiger partial charge >= 0.3 is 0 Å². The minimum absolute atomic E-state index is 0.973. The number of nitrogens with zero attached hydrogens (tertiary/aromatic N) is 3. The van der Waals surface area contributed by atoms with Gasteiger partial charge in [0.2, 0.25) is 0 Å². The zero-order chi connectivity index (χ0) is 14.7. The van der Waals surface area contributed by atoms with Gasteiger partial charge in [-0.2, -0.15) is 0 Å². The minimum atomic E-state index is 0.973. The average Bonchev–Trinajstić information content (AvgIpc) is 2.96. The van der Waals surface area contributed by atoms with Crippen molar-refractivity contribution in [3.05, 3.63) is 61.1 Å². The third-order valence-corrected chi connectivity index (χ3v) is 4.47. The van der Waals surface area contributed by atoms with Crippen LogP contribution >= 0.6 is 0 Å². The van der Waals surface area contributed by atoms with Crippen LogP contribution in [0.15, 0.2) is 61.1 Å². The van der Waals surface area contributed by atoms with E-state index in [0.29, 0.717) is 0 Å². The summed E-state index contributed by atoms with van der Waals surface area (Å²) in [5, 5.41) is 6.10.